The highest BCUT2D eigenvalue weighted by molar-refractivity contribution is 7.87. The van der Waals surface area contributed by atoms with E-state index in [9.17, 15) is 8.42 Å². The highest BCUT2D eigenvalue weighted by Gasteiger charge is 2.18. The quantitative estimate of drug-likeness (QED) is 0.588. The van der Waals surface area contributed by atoms with Crippen molar-refractivity contribution in [2.45, 2.75) is 32.4 Å². The SMILES string of the molecule is CCOS(=O)(=O)C(C)CC. The lowest BCUT2D eigenvalue weighted by atomic mass is 10.4. The molecular weight excluding hydrogens is 152 g/mol. The van der Waals surface area contributed by atoms with Crippen molar-refractivity contribution >= 4 is 10.1 Å². The first-order valence-electron chi connectivity index (χ1n) is 3.42. The maximum atomic E-state index is 10.9. The van der Waals surface area contributed by atoms with Crippen molar-refractivity contribution in [1.82, 2.24) is 0 Å². The lowest BCUT2D eigenvalue weighted by molar-refractivity contribution is 0.331. The van der Waals surface area contributed by atoms with Gasteiger partial charge in [0.25, 0.3) is 10.1 Å². The molecule has 1 atom stereocenters. The fraction of sp³-hybridized carbons (Fsp3) is 1.00. The number of hydrogen-bond donors (Lipinski definition) is 0. The van der Waals surface area contributed by atoms with E-state index in [1.807, 2.05) is 6.92 Å². The second-order valence-electron chi connectivity index (χ2n) is 2.12. The highest BCUT2D eigenvalue weighted by Crippen LogP contribution is 2.06. The van der Waals surface area contributed by atoms with Crippen LogP contribution in [-0.2, 0) is 14.3 Å². The Hall–Kier alpha value is -0.0900. The molecule has 0 aliphatic rings. The van der Waals surface area contributed by atoms with Crippen LogP contribution in [0.2, 0.25) is 0 Å². The monoisotopic (exact) mass is 166 g/mol. The van der Waals surface area contributed by atoms with Crippen molar-refractivity contribution in [3.63, 3.8) is 0 Å². The Morgan fingerprint density at radius 3 is 2.20 bits per heavy atom. The Kier molecular flexibility index (Phi) is 3.89. The third kappa shape index (κ3) is 2.66. The first kappa shape index (κ1) is 9.91. The summed E-state index contributed by atoms with van der Waals surface area (Å²) in [6, 6.07) is 0. The van der Waals surface area contributed by atoms with Crippen molar-refractivity contribution < 1.29 is 12.6 Å². The summed E-state index contributed by atoms with van der Waals surface area (Å²) < 4.78 is 26.4. The standard InChI is InChI=1S/C6H14O3S/c1-4-6(3)10(7,8)9-5-2/h6H,4-5H2,1-3H3. The van der Waals surface area contributed by atoms with Crippen LogP contribution in [0.5, 0.6) is 0 Å². The molecule has 0 fully saturated rings. The van der Waals surface area contributed by atoms with Gasteiger partial charge >= 0.3 is 0 Å². The summed E-state index contributed by atoms with van der Waals surface area (Å²) in [6.45, 7) is 5.36. The van der Waals surface area contributed by atoms with Crippen molar-refractivity contribution in [3.05, 3.63) is 0 Å². The Balaban J connectivity index is 4.12. The smallest absolute Gasteiger partial charge is 0.269 e. The largest absolute Gasteiger partial charge is 0.270 e. The lowest BCUT2D eigenvalue weighted by Crippen LogP contribution is -2.19. The Morgan fingerprint density at radius 1 is 1.40 bits per heavy atom. The van der Waals surface area contributed by atoms with E-state index in [-0.39, 0.29) is 11.9 Å². The second kappa shape index (κ2) is 3.93. The molecule has 0 aromatic heterocycles. The molecule has 4 heteroatoms. The van der Waals surface area contributed by atoms with Crippen LogP contribution in [0.25, 0.3) is 0 Å². The Morgan fingerprint density at radius 2 is 1.90 bits per heavy atom. The van der Waals surface area contributed by atoms with E-state index in [1.165, 1.54) is 0 Å². The van der Waals surface area contributed by atoms with Gasteiger partial charge in [0.15, 0.2) is 0 Å². The molecule has 62 valence electrons. The molecule has 0 saturated carbocycles. The van der Waals surface area contributed by atoms with Crippen LogP contribution in [-0.4, -0.2) is 20.3 Å². The fourth-order valence-corrected chi connectivity index (χ4v) is 1.45. The van der Waals surface area contributed by atoms with Crippen molar-refractivity contribution in [3.8, 4) is 0 Å². The summed E-state index contributed by atoms with van der Waals surface area (Å²) in [4.78, 5) is 0. The molecule has 1 unspecified atom stereocenters. The maximum absolute atomic E-state index is 10.9. The third-order valence-electron chi connectivity index (χ3n) is 1.35. The first-order valence-corrected chi connectivity index (χ1v) is 4.90. The molecule has 0 aliphatic carbocycles. The van der Waals surface area contributed by atoms with Gasteiger partial charge in [-0.2, -0.15) is 8.42 Å². The van der Waals surface area contributed by atoms with E-state index in [0.29, 0.717) is 6.42 Å². The van der Waals surface area contributed by atoms with E-state index < -0.39 is 10.1 Å². The lowest BCUT2D eigenvalue weighted by Gasteiger charge is -2.08. The molecule has 0 amide bonds. The molecule has 0 radical (unpaired) electrons. The van der Waals surface area contributed by atoms with Crippen LogP contribution in [0.15, 0.2) is 0 Å². The molecule has 0 bridgehead atoms. The molecule has 0 spiro atoms. The first-order chi connectivity index (χ1) is 4.54. The summed E-state index contributed by atoms with van der Waals surface area (Å²) in [5.41, 5.74) is 0. The molecule has 0 aromatic carbocycles. The summed E-state index contributed by atoms with van der Waals surface area (Å²) in [7, 11) is -3.26. The van der Waals surface area contributed by atoms with Crippen LogP contribution in [0.3, 0.4) is 0 Å². The third-order valence-corrected chi connectivity index (χ3v) is 3.23. The van der Waals surface area contributed by atoms with Gasteiger partial charge in [-0.3, -0.25) is 4.18 Å². The molecule has 0 saturated heterocycles. The zero-order chi connectivity index (χ0) is 8.20. The van der Waals surface area contributed by atoms with Crippen LogP contribution >= 0.6 is 0 Å². The molecule has 0 aliphatic heterocycles. The molecule has 0 aromatic rings. The topological polar surface area (TPSA) is 43.4 Å². The van der Waals surface area contributed by atoms with E-state index in [4.69, 9.17) is 0 Å². The Bertz CT molecular complexity index is 171. The van der Waals surface area contributed by atoms with Gasteiger partial charge < -0.3 is 0 Å². The summed E-state index contributed by atoms with van der Waals surface area (Å²) in [5.74, 6) is 0. The minimum absolute atomic E-state index is 0.229. The second-order valence-corrected chi connectivity index (χ2v) is 4.14. The van der Waals surface area contributed by atoms with Gasteiger partial charge in [0.1, 0.15) is 0 Å². The van der Waals surface area contributed by atoms with Gasteiger partial charge in [-0.1, -0.05) is 6.92 Å². The molecular formula is C6H14O3S. The number of hydrogen-bond acceptors (Lipinski definition) is 3. The van der Waals surface area contributed by atoms with Crippen LogP contribution < -0.4 is 0 Å². The molecule has 3 nitrogen and oxygen atoms in total. The average molecular weight is 166 g/mol. The van der Waals surface area contributed by atoms with E-state index >= 15 is 0 Å². The van der Waals surface area contributed by atoms with E-state index in [0.717, 1.165) is 0 Å². The summed E-state index contributed by atoms with van der Waals surface area (Å²) >= 11 is 0. The molecule has 0 N–H and O–H groups in total. The Labute approximate surface area is 62.5 Å². The molecule has 0 heterocycles. The molecule has 0 rings (SSSR count). The molecule has 10 heavy (non-hydrogen) atoms. The van der Waals surface area contributed by atoms with Gasteiger partial charge in [-0.25, -0.2) is 0 Å². The summed E-state index contributed by atoms with van der Waals surface area (Å²) in [5, 5.41) is -0.382. The van der Waals surface area contributed by atoms with Gasteiger partial charge in [-0.15, -0.1) is 0 Å². The van der Waals surface area contributed by atoms with Gasteiger partial charge in [0.05, 0.1) is 11.9 Å². The van der Waals surface area contributed by atoms with Gasteiger partial charge in [0, 0.05) is 0 Å². The van der Waals surface area contributed by atoms with Gasteiger partial charge in [0.2, 0.25) is 0 Å². The normalized spacial score (nSPS) is 15.1. The maximum Gasteiger partial charge on any atom is 0.269 e. The van der Waals surface area contributed by atoms with Crippen LogP contribution in [0, 0.1) is 0 Å². The highest BCUT2D eigenvalue weighted by atomic mass is 32.2. The zero-order valence-corrected chi connectivity index (χ0v) is 7.44. The zero-order valence-electron chi connectivity index (χ0n) is 6.62. The predicted octanol–water partition coefficient (Wildman–Crippen LogP) is 1.15. The van der Waals surface area contributed by atoms with Crippen molar-refractivity contribution in [2.75, 3.05) is 6.61 Å². The minimum atomic E-state index is -3.26. The average Bonchev–Trinajstić information content (AvgIpc) is 1.86. The van der Waals surface area contributed by atoms with Crippen molar-refractivity contribution in [1.29, 1.82) is 0 Å². The fourth-order valence-electron chi connectivity index (χ4n) is 0.485. The predicted molar refractivity (Wildman–Crippen MR) is 40.3 cm³/mol. The van der Waals surface area contributed by atoms with Crippen molar-refractivity contribution in [2.24, 2.45) is 0 Å². The number of rotatable bonds is 4. The van der Waals surface area contributed by atoms with E-state index in [2.05, 4.69) is 4.18 Å². The van der Waals surface area contributed by atoms with Crippen LogP contribution in [0.4, 0.5) is 0 Å². The van der Waals surface area contributed by atoms with E-state index in [1.54, 1.807) is 13.8 Å². The summed E-state index contributed by atoms with van der Waals surface area (Å²) in [6.07, 6.45) is 0.600. The van der Waals surface area contributed by atoms with Crippen LogP contribution in [0.1, 0.15) is 27.2 Å². The van der Waals surface area contributed by atoms with Gasteiger partial charge in [-0.05, 0) is 20.3 Å². The minimum Gasteiger partial charge on any atom is -0.270 e.